The number of nitrogen functional groups attached to an aromatic ring is 1. The Bertz CT molecular complexity index is 1280. The number of furan rings is 1. The maximum absolute atomic E-state index is 14.0. The molecule has 3 heterocycles. The molecule has 0 unspecified atom stereocenters. The molecule has 0 saturated heterocycles. The Labute approximate surface area is 192 Å². The number of benzene rings is 1. The quantitative estimate of drug-likeness (QED) is 0.303. The van der Waals surface area contributed by atoms with Crippen LogP contribution in [0.3, 0.4) is 0 Å². The van der Waals surface area contributed by atoms with Gasteiger partial charge in [-0.3, -0.25) is 0 Å². The second-order valence-electron chi connectivity index (χ2n) is 7.77. The largest absolute Gasteiger partial charge is 0.478 e. The molecule has 4 aromatic rings. The molecule has 0 radical (unpaired) electrons. The summed E-state index contributed by atoms with van der Waals surface area (Å²) in [5.74, 6) is -0.208. The highest BCUT2D eigenvalue weighted by atomic mass is 35.5. The minimum absolute atomic E-state index is 0.102. The lowest BCUT2D eigenvalue weighted by molar-refractivity contribution is 0.227. The predicted molar refractivity (Wildman–Crippen MR) is 124 cm³/mol. The van der Waals surface area contributed by atoms with Gasteiger partial charge in [-0.25, -0.2) is 9.37 Å². The summed E-state index contributed by atoms with van der Waals surface area (Å²) in [6.45, 7) is 5.60. The van der Waals surface area contributed by atoms with Gasteiger partial charge in [0.2, 0.25) is 5.75 Å². The molecule has 0 aliphatic carbocycles. The molecular formula is C22H20Cl2FN3O2S. The Morgan fingerprint density at radius 3 is 2.65 bits per heavy atom. The Balaban J connectivity index is 1.76. The van der Waals surface area contributed by atoms with Crippen LogP contribution in [0.5, 0.6) is 5.75 Å². The van der Waals surface area contributed by atoms with E-state index in [9.17, 15) is 4.39 Å². The number of nitrogens with zero attached hydrogens (tertiary/aromatic N) is 1. The normalized spacial score (nSPS) is 13.0. The molecule has 0 amide bonds. The summed E-state index contributed by atoms with van der Waals surface area (Å²) in [5.41, 5.74) is 13.4. The number of rotatable bonds is 5. The molecule has 1 atom stereocenters. The van der Waals surface area contributed by atoms with Crippen LogP contribution in [0.1, 0.15) is 37.3 Å². The number of halogens is 3. The second-order valence-corrected chi connectivity index (χ2v) is 9.64. The molecule has 4 N–H and O–H groups in total. The number of thiophene rings is 1. The highest BCUT2D eigenvalue weighted by Gasteiger charge is 2.24. The summed E-state index contributed by atoms with van der Waals surface area (Å²) in [7, 11) is 0. The second kappa shape index (κ2) is 7.98. The van der Waals surface area contributed by atoms with E-state index in [1.54, 1.807) is 30.7 Å². The van der Waals surface area contributed by atoms with Crippen molar-refractivity contribution in [1.29, 1.82) is 0 Å². The molecule has 0 bridgehead atoms. The Morgan fingerprint density at radius 1 is 1.23 bits per heavy atom. The number of hydrogen-bond donors (Lipinski definition) is 2. The van der Waals surface area contributed by atoms with Crippen LogP contribution >= 0.6 is 34.5 Å². The number of ether oxygens (including phenoxy) is 1. The van der Waals surface area contributed by atoms with E-state index in [0.717, 1.165) is 20.7 Å². The highest BCUT2D eigenvalue weighted by molar-refractivity contribution is 7.15. The first-order valence-electron chi connectivity index (χ1n) is 9.43. The summed E-state index contributed by atoms with van der Waals surface area (Å²) >= 11 is 13.9. The molecule has 1 aromatic carbocycles. The first-order chi connectivity index (χ1) is 14.6. The smallest absolute Gasteiger partial charge is 0.205 e. The Hall–Kier alpha value is -2.32. The van der Waals surface area contributed by atoms with Crippen molar-refractivity contribution in [2.75, 3.05) is 5.73 Å². The number of nitrogens with two attached hydrogens (primary N) is 2. The van der Waals surface area contributed by atoms with E-state index < -0.39 is 17.5 Å². The lowest BCUT2D eigenvalue weighted by Crippen LogP contribution is -2.27. The average molecular weight is 480 g/mol. The van der Waals surface area contributed by atoms with Gasteiger partial charge >= 0.3 is 0 Å². The van der Waals surface area contributed by atoms with Gasteiger partial charge in [0.05, 0.1) is 10.4 Å². The van der Waals surface area contributed by atoms with E-state index >= 15 is 0 Å². The zero-order valence-electron chi connectivity index (χ0n) is 17.0. The molecule has 4 rings (SSSR count). The van der Waals surface area contributed by atoms with Gasteiger partial charge in [-0.15, -0.1) is 11.3 Å². The molecule has 0 aliphatic rings. The van der Waals surface area contributed by atoms with E-state index in [0.29, 0.717) is 11.1 Å². The maximum Gasteiger partial charge on any atom is 0.205 e. The summed E-state index contributed by atoms with van der Waals surface area (Å²) < 4.78 is 25.8. The predicted octanol–water partition coefficient (Wildman–Crippen LogP) is 6.92. The minimum atomic E-state index is -0.703. The zero-order chi connectivity index (χ0) is 22.5. The standard InChI is InChI=1S/C22H20Cl2FN3O2S/c1-10(17-13(23)4-5-14(25)18(17)24)30-20-19-11(8-28-21(20)26)12(9-29-19)15-6-7-16(31-15)22(2,3)27/h4-10H,27H2,1-3H3,(H2,26,28)/t10-/m1/s1. The number of aromatic nitrogens is 1. The number of pyridine rings is 1. The third-order valence-corrected chi connectivity index (χ3v) is 7.06. The van der Waals surface area contributed by atoms with Gasteiger partial charge in [-0.1, -0.05) is 23.2 Å². The van der Waals surface area contributed by atoms with Crippen LogP contribution in [0.2, 0.25) is 10.0 Å². The molecular weight excluding hydrogens is 460 g/mol. The monoisotopic (exact) mass is 479 g/mol. The summed E-state index contributed by atoms with van der Waals surface area (Å²) in [4.78, 5) is 6.29. The first kappa shape index (κ1) is 21.9. The van der Waals surface area contributed by atoms with Crippen molar-refractivity contribution in [2.24, 2.45) is 5.73 Å². The first-order valence-corrected chi connectivity index (χ1v) is 11.0. The maximum atomic E-state index is 14.0. The molecule has 162 valence electrons. The van der Waals surface area contributed by atoms with Crippen LogP contribution in [0.15, 0.2) is 41.1 Å². The third-order valence-electron chi connectivity index (χ3n) is 4.89. The van der Waals surface area contributed by atoms with Gasteiger partial charge < -0.3 is 20.6 Å². The minimum Gasteiger partial charge on any atom is -0.478 e. The van der Waals surface area contributed by atoms with Crippen molar-refractivity contribution < 1.29 is 13.5 Å². The molecule has 31 heavy (non-hydrogen) atoms. The van der Waals surface area contributed by atoms with E-state index in [-0.39, 0.29) is 21.6 Å². The van der Waals surface area contributed by atoms with Crippen molar-refractivity contribution in [3.05, 3.63) is 63.0 Å². The molecule has 9 heteroatoms. The number of anilines is 1. The fraction of sp³-hybridized carbons (Fsp3) is 0.227. The zero-order valence-corrected chi connectivity index (χ0v) is 19.3. The third kappa shape index (κ3) is 3.99. The molecule has 0 aliphatic heterocycles. The Morgan fingerprint density at radius 2 is 1.97 bits per heavy atom. The molecule has 0 saturated carbocycles. The number of fused-ring (bicyclic) bond motifs is 1. The highest BCUT2D eigenvalue weighted by Crippen LogP contribution is 2.43. The van der Waals surface area contributed by atoms with Gasteiger partial charge in [-0.2, -0.15) is 0 Å². The van der Waals surface area contributed by atoms with E-state index in [1.165, 1.54) is 12.1 Å². The van der Waals surface area contributed by atoms with Crippen LogP contribution < -0.4 is 16.2 Å². The van der Waals surface area contributed by atoms with Crippen LogP contribution in [-0.4, -0.2) is 4.98 Å². The van der Waals surface area contributed by atoms with Gasteiger partial charge in [0, 0.05) is 37.6 Å². The van der Waals surface area contributed by atoms with Crippen LogP contribution in [0.4, 0.5) is 10.2 Å². The van der Waals surface area contributed by atoms with Crippen LogP contribution in [0.25, 0.3) is 21.4 Å². The lowest BCUT2D eigenvalue weighted by atomic mass is 10.1. The van der Waals surface area contributed by atoms with Gasteiger partial charge in [-0.05, 0) is 45.0 Å². The summed E-state index contributed by atoms with van der Waals surface area (Å²) in [5, 5.41) is 0.915. The summed E-state index contributed by atoms with van der Waals surface area (Å²) in [6, 6.07) is 6.62. The molecule has 0 spiro atoms. The van der Waals surface area contributed by atoms with Crippen molar-refractivity contribution in [1.82, 2.24) is 4.98 Å². The average Bonchev–Trinajstić information content (AvgIpc) is 3.34. The van der Waals surface area contributed by atoms with E-state index in [4.69, 9.17) is 43.8 Å². The van der Waals surface area contributed by atoms with Gasteiger partial charge in [0.15, 0.2) is 11.4 Å². The SMILES string of the molecule is C[C@@H](Oc1c(N)ncc2c(-c3ccc(C(C)(C)N)s3)coc12)c1c(Cl)ccc(F)c1Cl. The van der Waals surface area contributed by atoms with Gasteiger partial charge in [0.25, 0.3) is 0 Å². The fourth-order valence-electron chi connectivity index (χ4n) is 3.26. The topological polar surface area (TPSA) is 87.3 Å². The van der Waals surface area contributed by atoms with Gasteiger partial charge in [0.1, 0.15) is 18.2 Å². The van der Waals surface area contributed by atoms with E-state index in [1.807, 2.05) is 26.0 Å². The van der Waals surface area contributed by atoms with Crippen LogP contribution in [-0.2, 0) is 5.54 Å². The van der Waals surface area contributed by atoms with Crippen molar-refractivity contribution >= 4 is 51.3 Å². The van der Waals surface area contributed by atoms with Crippen LogP contribution in [0, 0.1) is 5.82 Å². The van der Waals surface area contributed by atoms with E-state index in [2.05, 4.69) is 4.98 Å². The van der Waals surface area contributed by atoms with Crippen molar-refractivity contribution in [3.63, 3.8) is 0 Å². The van der Waals surface area contributed by atoms with Crippen molar-refractivity contribution in [2.45, 2.75) is 32.4 Å². The van der Waals surface area contributed by atoms with Crippen molar-refractivity contribution in [3.8, 4) is 16.2 Å². The number of hydrogen-bond acceptors (Lipinski definition) is 6. The lowest BCUT2D eigenvalue weighted by Gasteiger charge is -2.18. The summed E-state index contributed by atoms with van der Waals surface area (Å²) in [6.07, 6.45) is 2.56. The molecule has 3 aromatic heterocycles. The molecule has 5 nitrogen and oxygen atoms in total. The molecule has 0 fully saturated rings. The fourth-order valence-corrected chi connectivity index (χ4v) is 4.98. The Kier molecular flexibility index (Phi) is 5.64.